The highest BCUT2D eigenvalue weighted by atomic mass is 35.5. The number of carbonyl (C=O) groups is 1. The lowest BCUT2D eigenvalue weighted by molar-refractivity contribution is 0.0969. The summed E-state index contributed by atoms with van der Waals surface area (Å²) < 4.78 is 1.40. The monoisotopic (exact) mass is 271 g/mol. The molecule has 1 aromatic carbocycles. The molecule has 0 fully saturated rings. The third-order valence-electron chi connectivity index (χ3n) is 2.35. The number of ketones is 1. The zero-order valence-electron chi connectivity index (χ0n) is 8.96. The Morgan fingerprint density at radius 3 is 2.71 bits per heavy atom. The van der Waals surface area contributed by atoms with E-state index in [0.717, 1.165) is 0 Å². The second-order valence-electron chi connectivity index (χ2n) is 3.66. The van der Waals surface area contributed by atoms with E-state index in [4.69, 9.17) is 23.4 Å². The molecule has 1 heterocycles. The molecular formula is C11H11Cl2N3O. The summed E-state index contributed by atoms with van der Waals surface area (Å²) >= 11 is 11.8. The van der Waals surface area contributed by atoms with E-state index in [1.807, 2.05) is 18.2 Å². The minimum absolute atomic E-state index is 0.101. The van der Waals surface area contributed by atoms with E-state index in [1.165, 1.54) is 10.8 Å². The first-order chi connectivity index (χ1) is 8.16. The van der Waals surface area contributed by atoms with Gasteiger partial charge in [0.15, 0.2) is 5.78 Å². The number of hydrogen-bond donors (Lipinski definition) is 0. The van der Waals surface area contributed by atoms with Crippen LogP contribution in [0.5, 0.6) is 0 Å². The van der Waals surface area contributed by atoms with Crippen molar-refractivity contribution in [2.75, 3.05) is 13.2 Å². The van der Waals surface area contributed by atoms with Gasteiger partial charge in [0.05, 0.1) is 6.54 Å². The zero-order chi connectivity index (χ0) is 12.3. The largest absolute Gasteiger partial charge is 0.292 e. The van der Waals surface area contributed by atoms with Gasteiger partial charge < -0.3 is 0 Å². The fourth-order valence-electron chi connectivity index (χ4n) is 1.51. The second-order valence-corrected chi connectivity index (χ2v) is 4.62. The molecule has 17 heavy (non-hydrogen) atoms. The molecule has 2 rings (SSSR count). The van der Waals surface area contributed by atoms with E-state index in [2.05, 4.69) is 5.10 Å². The van der Waals surface area contributed by atoms with Crippen LogP contribution in [0.25, 0.3) is 0 Å². The lowest BCUT2D eigenvalue weighted by Crippen LogP contribution is -2.31. The molecule has 1 aliphatic heterocycles. The number of rotatable bonds is 4. The number of benzene rings is 1. The molecule has 0 spiro atoms. The average Bonchev–Trinajstić information content (AvgIpc) is 2.75. The van der Waals surface area contributed by atoms with Gasteiger partial charge in [-0.3, -0.25) is 14.2 Å². The molecule has 1 unspecified atom stereocenters. The first-order valence-electron chi connectivity index (χ1n) is 5.11. The molecule has 0 saturated carbocycles. The summed E-state index contributed by atoms with van der Waals surface area (Å²) in [6, 6.07) is 8.98. The third-order valence-corrected chi connectivity index (χ3v) is 2.88. The minimum atomic E-state index is -0.627. The van der Waals surface area contributed by atoms with Crippen LogP contribution in [0, 0.1) is 0 Å². The Hall–Kier alpha value is -1.26. The SMILES string of the molecule is O=C(c1ccccc1)C(Cl)CN1CN(Cl)C=N1. The Morgan fingerprint density at radius 2 is 2.12 bits per heavy atom. The predicted octanol–water partition coefficient (Wildman–Crippen LogP) is 2.15. The fourth-order valence-corrected chi connectivity index (χ4v) is 1.96. The Kier molecular flexibility index (Phi) is 3.86. The molecule has 0 amide bonds. The van der Waals surface area contributed by atoms with Crippen LogP contribution in [0.15, 0.2) is 35.4 Å². The van der Waals surface area contributed by atoms with Crippen LogP contribution in [0.1, 0.15) is 10.4 Å². The maximum Gasteiger partial charge on any atom is 0.182 e. The van der Waals surface area contributed by atoms with Gasteiger partial charge in [-0.25, -0.2) is 0 Å². The molecule has 0 aromatic heterocycles. The maximum atomic E-state index is 12.0. The van der Waals surface area contributed by atoms with Crippen molar-refractivity contribution in [1.29, 1.82) is 0 Å². The van der Waals surface area contributed by atoms with Gasteiger partial charge in [-0.15, -0.1) is 11.6 Å². The number of halogens is 2. The summed E-state index contributed by atoms with van der Waals surface area (Å²) in [4.78, 5) is 12.0. The van der Waals surface area contributed by atoms with Crippen molar-refractivity contribution >= 4 is 35.5 Å². The van der Waals surface area contributed by atoms with E-state index in [9.17, 15) is 4.79 Å². The molecule has 0 bridgehead atoms. The molecule has 0 saturated heterocycles. The van der Waals surface area contributed by atoms with Crippen molar-refractivity contribution in [2.24, 2.45) is 5.10 Å². The Labute approximate surface area is 110 Å². The number of hydrazone groups is 1. The Morgan fingerprint density at radius 1 is 1.41 bits per heavy atom. The normalized spacial score (nSPS) is 16.4. The predicted molar refractivity (Wildman–Crippen MR) is 68.2 cm³/mol. The molecule has 4 nitrogen and oxygen atoms in total. The summed E-state index contributed by atoms with van der Waals surface area (Å²) in [5.74, 6) is -0.101. The van der Waals surface area contributed by atoms with Crippen LogP contribution in [0.2, 0.25) is 0 Å². The molecule has 1 atom stereocenters. The van der Waals surface area contributed by atoms with Gasteiger partial charge in [0.25, 0.3) is 0 Å². The number of alkyl halides is 1. The minimum Gasteiger partial charge on any atom is -0.292 e. The van der Waals surface area contributed by atoms with Gasteiger partial charge in [-0.2, -0.15) is 5.10 Å². The standard InChI is InChI=1S/C11H11Cl2N3O/c12-10(6-16-8-15(13)7-14-16)11(17)9-4-2-1-3-5-9/h1-5,7,10H,6,8H2. The molecule has 6 heteroatoms. The highest BCUT2D eigenvalue weighted by Gasteiger charge is 2.22. The van der Waals surface area contributed by atoms with E-state index in [0.29, 0.717) is 18.8 Å². The summed E-state index contributed by atoms with van der Waals surface area (Å²) in [5, 5.41) is 5.02. The molecular weight excluding hydrogens is 261 g/mol. The second kappa shape index (κ2) is 5.38. The number of carbonyl (C=O) groups excluding carboxylic acids is 1. The summed E-state index contributed by atoms with van der Waals surface area (Å²) in [7, 11) is 0. The van der Waals surface area contributed by atoms with Crippen molar-refractivity contribution in [3.8, 4) is 0 Å². The van der Waals surface area contributed by atoms with E-state index in [1.54, 1.807) is 17.1 Å². The third kappa shape index (κ3) is 3.11. The lowest BCUT2D eigenvalue weighted by Gasteiger charge is -2.17. The summed E-state index contributed by atoms with van der Waals surface area (Å²) in [5.41, 5.74) is 0.610. The van der Waals surface area contributed by atoms with Gasteiger partial charge in [-0.1, -0.05) is 30.3 Å². The molecule has 1 aliphatic rings. The van der Waals surface area contributed by atoms with Crippen molar-refractivity contribution in [3.05, 3.63) is 35.9 Å². The van der Waals surface area contributed by atoms with Crippen LogP contribution in [-0.4, -0.2) is 40.1 Å². The zero-order valence-corrected chi connectivity index (χ0v) is 10.5. The van der Waals surface area contributed by atoms with E-state index < -0.39 is 5.38 Å². The summed E-state index contributed by atoms with van der Waals surface area (Å²) in [6.45, 7) is 0.780. The van der Waals surface area contributed by atoms with Gasteiger partial charge in [0.1, 0.15) is 18.4 Å². The van der Waals surface area contributed by atoms with Crippen LogP contribution in [0.4, 0.5) is 0 Å². The first-order valence-corrected chi connectivity index (χ1v) is 5.89. The van der Waals surface area contributed by atoms with Gasteiger partial charge in [0.2, 0.25) is 0 Å². The van der Waals surface area contributed by atoms with Crippen molar-refractivity contribution in [3.63, 3.8) is 0 Å². The molecule has 0 N–H and O–H groups in total. The smallest absolute Gasteiger partial charge is 0.182 e. The number of nitrogens with zero attached hydrogens (tertiary/aromatic N) is 3. The van der Waals surface area contributed by atoms with E-state index in [-0.39, 0.29) is 5.78 Å². The quantitative estimate of drug-likeness (QED) is 0.478. The molecule has 1 aromatic rings. The number of hydrogen-bond acceptors (Lipinski definition) is 4. The molecule has 90 valence electrons. The average molecular weight is 272 g/mol. The van der Waals surface area contributed by atoms with Crippen molar-refractivity contribution in [1.82, 2.24) is 9.43 Å². The fraction of sp³-hybridized carbons (Fsp3) is 0.273. The number of Topliss-reactive ketones (excluding diaryl/α,β-unsaturated/α-hetero) is 1. The lowest BCUT2D eigenvalue weighted by atomic mass is 10.1. The maximum absolute atomic E-state index is 12.0. The topological polar surface area (TPSA) is 35.9 Å². The van der Waals surface area contributed by atoms with E-state index >= 15 is 0 Å². The van der Waals surface area contributed by atoms with Crippen LogP contribution < -0.4 is 0 Å². The van der Waals surface area contributed by atoms with Crippen LogP contribution in [0.3, 0.4) is 0 Å². The van der Waals surface area contributed by atoms with Crippen molar-refractivity contribution < 1.29 is 4.79 Å². The summed E-state index contributed by atoms with van der Waals surface area (Å²) in [6.07, 6.45) is 1.48. The Balaban J connectivity index is 1.94. The molecule has 0 radical (unpaired) electrons. The highest BCUT2D eigenvalue weighted by molar-refractivity contribution is 6.34. The van der Waals surface area contributed by atoms with Gasteiger partial charge in [0, 0.05) is 17.3 Å². The molecule has 0 aliphatic carbocycles. The highest BCUT2D eigenvalue weighted by Crippen LogP contribution is 2.12. The van der Waals surface area contributed by atoms with Crippen LogP contribution >= 0.6 is 23.4 Å². The van der Waals surface area contributed by atoms with Crippen LogP contribution in [-0.2, 0) is 0 Å². The first kappa shape index (κ1) is 12.2. The van der Waals surface area contributed by atoms with Crippen molar-refractivity contribution in [2.45, 2.75) is 5.38 Å². The van der Waals surface area contributed by atoms with Gasteiger partial charge in [-0.05, 0) is 0 Å². The van der Waals surface area contributed by atoms with Gasteiger partial charge >= 0.3 is 0 Å². The Bertz CT molecular complexity index is 424.